The van der Waals surface area contributed by atoms with Gasteiger partial charge in [-0.2, -0.15) is 0 Å². The van der Waals surface area contributed by atoms with Crippen LogP contribution in [0.3, 0.4) is 0 Å². The molecule has 0 radical (unpaired) electrons. The van der Waals surface area contributed by atoms with Gasteiger partial charge in [0.1, 0.15) is 34.4 Å². The van der Waals surface area contributed by atoms with E-state index in [2.05, 4.69) is 13.8 Å². The molecule has 42 heavy (non-hydrogen) atoms. The number of phenols is 2. The summed E-state index contributed by atoms with van der Waals surface area (Å²) >= 11 is 0. The van der Waals surface area contributed by atoms with E-state index in [4.69, 9.17) is 19.7 Å². The Morgan fingerprint density at radius 1 is 0.548 bits per heavy atom. The Bertz CT molecular complexity index is 1350. The number of benzene rings is 4. The lowest BCUT2D eigenvalue weighted by Crippen LogP contribution is -2.08. The Balaban J connectivity index is 1.80. The van der Waals surface area contributed by atoms with Gasteiger partial charge in [-0.1, -0.05) is 100 Å². The maximum absolute atomic E-state index is 10.9. The molecule has 0 heterocycles. The molecular formula is C36H40N2O4. The molecule has 0 bridgehead atoms. The molecule has 0 amide bonds. The molecule has 218 valence electrons. The molecule has 0 spiro atoms. The summed E-state index contributed by atoms with van der Waals surface area (Å²) in [5.41, 5.74) is 3.53. The van der Waals surface area contributed by atoms with Crippen LogP contribution in [-0.2, 0) is 0 Å². The number of hydrogen-bond acceptors (Lipinski definition) is 6. The fourth-order valence-electron chi connectivity index (χ4n) is 4.50. The van der Waals surface area contributed by atoms with Crippen LogP contribution in [-0.4, -0.2) is 34.9 Å². The molecule has 0 aliphatic carbocycles. The number of hydrogen-bond donors (Lipinski definition) is 2. The molecule has 0 saturated carbocycles. The van der Waals surface area contributed by atoms with Gasteiger partial charge in [0.15, 0.2) is 0 Å². The van der Waals surface area contributed by atoms with Gasteiger partial charge in [0, 0.05) is 22.3 Å². The van der Waals surface area contributed by atoms with Gasteiger partial charge in [-0.15, -0.1) is 10.2 Å². The first-order chi connectivity index (χ1) is 20.6. The fourth-order valence-corrected chi connectivity index (χ4v) is 4.50. The van der Waals surface area contributed by atoms with Crippen LogP contribution < -0.4 is 9.47 Å². The Morgan fingerprint density at radius 3 is 1.33 bits per heavy atom. The van der Waals surface area contributed by atoms with E-state index in [1.54, 1.807) is 36.4 Å². The molecular weight excluding hydrogens is 524 g/mol. The highest BCUT2D eigenvalue weighted by molar-refractivity contribution is 6.17. The van der Waals surface area contributed by atoms with Crippen LogP contribution in [0.1, 0.15) is 74.6 Å². The Morgan fingerprint density at radius 2 is 0.952 bits per heavy atom. The second-order valence-electron chi connectivity index (χ2n) is 10.1. The van der Waals surface area contributed by atoms with Crippen LogP contribution in [0, 0.1) is 0 Å². The monoisotopic (exact) mass is 564 g/mol. The molecule has 0 aromatic heterocycles. The summed E-state index contributed by atoms with van der Waals surface area (Å²) in [5, 5.41) is 31.3. The quantitative estimate of drug-likeness (QED) is 0.0861. The van der Waals surface area contributed by atoms with E-state index in [1.807, 2.05) is 60.7 Å². The summed E-state index contributed by atoms with van der Waals surface area (Å²) in [6, 6.07) is 29.6. The van der Waals surface area contributed by atoms with Crippen LogP contribution in [0.15, 0.2) is 107 Å². The van der Waals surface area contributed by atoms with Gasteiger partial charge in [0.2, 0.25) is 0 Å². The van der Waals surface area contributed by atoms with E-state index in [9.17, 15) is 10.2 Å². The van der Waals surface area contributed by atoms with E-state index in [1.165, 1.54) is 0 Å². The molecule has 6 nitrogen and oxygen atoms in total. The van der Waals surface area contributed by atoms with E-state index in [0.29, 0.717) is 47.3 Å². The van der Waals surface area contributed by atoms with Crippen LogP contribution >= 0.6 is 0 Å². The lowest BCUT2D eigenvalue weighted by Gasteiger charge is -2.13. The van der Waals surface area contributed by atoms with Gasteiger partial charge in [0.05, 0.1) is 13.2 Å². The third-order valence-corrected chi connectivity index (χ3v) is 6.82. The van der Waals surface area contributed by atoms with Crippen molar-refractivity contribution in [3.8, 4) is 23.0 Å². The predicted molar refractivity (Wildman–Crippen MR) is 170 cm³/mol. The molecule has 0 aliphatic rings. The fraction of sp³-hybridized carbons (Fsp3) is 0.278. The molecule has 2 N–H and O–H groups in total. The topological polar surface area (TPSA) is 83.6 Å². The third-order valence-electron chi connectivity index (χ3n) is 6.82. The van der Waals surface area contributed by atoms with Crippen molar-refractivity contribution >= 4 is 11.4 Å². The molecule has 0 unspecified atom stereocenters. The largest absolute Gasteiger partial charge is 0.507 e. The van der Waals surface area contributed by atoms with E-state index in [-0.39, 0.29) is 11.5 Å². The molecule has 4 aromatic carbocycles. The van der Waals surface area contributed by atoms with Gasteiger partial charge in [0.25, 0.3) is 0 Å². The van der Waals surface area contributed by atoms with Crippen LogP contribution in [0.25, 0.3) is 0 Å². The highest BCUT2D eigenvalue weighted by Gasteiger charge is 2.17. The highest BCUT2D eigenvalue weighted by atomic mass is 16.5. The Labute approximate surface area is 249 Å². The zero-order chi connectivity index (χ0) is 29.6. The number of unbranched alkanes of at least 4 members (excludes halogenated alkanes) is 4. The minimum Gasteiger partial charge on any atom is -0.507 e. The maximum Gasteiger partial charge on any atom is 0.125 e. The van der Waals surface area contributed by atoms with E-state index < -0.39 is 0 Å². The number of ether oxygens (including phenoxy) is 2. The lowest BCUT2D eigenvalue weighted by molar-refractivity contribution is 0.305. The first-order valence-corrected chi connectivity index (χ1v) is 14.8. The molecule has 0 saturated heterocycles. The predicted octanol–water partition coefficient (Wildman–Crippen LogP) is 8.53. The van der Waals surface area contributed by atoms with Gasteiger partial charge in [-0.3, -0.25) is 0 Å². The summed E-state index contributed by atoms with van der Waals surface area (Å²) in [6.07, 6.45) is 6.33. The number of phenolic OH excluding ortho intramolecular Hbond substituents is 2. The van der Waals surface area contributed by atoms with Crippen molar-refractivity contribution in [1.29, 1.82) is 0 Å². The molecule has 6 heteroatoms. The molecule has 4 aromatic rings. The van der Waals surface area contributed by atoms with Crippen molar-refractivity contribution in [2.24, 2.45) is 10.2 Å². The Kier molecular flexibility index (Phi) is 11.6. The summed E-state index contributed by atoms with van der Waals surface area (Å²) in [5.74, 6) is 1.45. The lowest BCUT2D eigenvalue weighted by atomic mass is 10.0. The molecule has 0 fully saturated rings. The third kappa shape index (κ3) is 8.46. The van der Waals surface area contributed by atoms with Crippen LogP contribution in [0.5, 0.6) is 23.0 Å². The Hall–Kier alpha value is -4.58. The summed E-state index contributed by atoms with van der Waals surface area (Å²) in [6.45, 7) is 5.51. The van der Waals surface area contributed by atoms with Crippen molar-refractivity contribution in [2.75, 3.05) is 13.2 Å². The van der Waals surface area contributed by atoms with E-state index in [0.717, 1.165) is 49.7 Å². The van der Waals surface area contributed by atoms with Gasteiger partial charge in [-0.05, 0) is 49.2 Å². The van der Waals surface area contributed by atoms with E-state index >= 15 is 0 Å². The molecule has 0 aliphatic heterocycles. The zero-order valence-electron chi connectivity index (χ0n) is 24.5. The van der Waals surface area contributed by atoms with Gasteiger partial charge in [-0.25, -0.2) is 0 Å². The first-order valence-electron chi connectivity index (χ1n) is 14.8. The number of nitrogens with zero attached hydrogens (tertiary/aromatic N) is 2. The zero-order valence-corrected chi connectivity index (χ0v) is 24.5. The minimum atomic E-state index is 0.0697. The van der Waals surface area contributed by atoms with Crippen molar-refractivity contribution in [1.82, 2.24) is 0 Å². The van der Waals surface area contributed by atoms with Crippen LogP contribution in [0.4, 0.5) is 0 Å². The average Bonchev–Trinajstić information content (AvgIpc) is 3.03. The highest BCUT2D eigenvalue weighted by Crippen LogP contribution is 2.29. The van der Waals surface area contributed by atoms with Crippen LogP contribution in [0.2, 0.25) is 0 Å². The van der Waals surface area contributed by atoms with Gasteiger partial charge >= 0.3 is 0 Å². The number of rotatable bonds is 15. The first kappa shape index (κ1) is 30.4. The molecule has 0 atom stereocenters. The minimum absolute atomic E-state index is 0.0697. The van der Waals surface area contributed by atoms with Gasteiger partial charge < -0.3 is 19.7 Å². The van der Waals surface area contributed by atoms with Crippen molar-refractivity contribution in [3.63, 3.8) is 0 Å². The second kappa shape index (κ2) is 16.0. The standard InChI is InChI=1S/C36H40N2O4/c1-3-5-13-23-41-29-19-21-33(39)31(25-29)35(27-15-9-7-10-16-27)37-38-36(28-17-11-8-12-18-28)32-26-30(20-22-34(32)40)42-24-14-6-4-2/h7-12,15-22,25-26,39-40H,3-6,13-14,23-24H2,1-2H3/b37-35-,38-36-. The summed E-state index contributed by atoms with van der Waals surface area (Å²) in [7, 11) is 0. The normalized spacial score (nSPS) is 11.9. The second-order valence-corrected chi connectivity index (χ2v) is 10.1. The van der Waals surface area contributed by atoms with Crippen molar-refractivity contribution in [3.05, 3.63) is 119 Å². The SMILES string of the molecule is CCCCCOc1ccc(O)c(/C(=N\N=C(\c2ccccc2)c2cc(OCCCCC)ccc2O)c2ccccc2)c1. The van der Waals surface area contributed by atoms with Crippen molar-refractivity contribution < 1.29 is 19.7 Å². The average molecular weight is 565 g/mol. The summed E-state index contributed by atoms with van der Waals surface area (Å²) < 4.78 is 12.0. The summed E-state index contributed by atoms with van der Waals surface area (Å²) in [4.78, 5) is 0. The number of aromatic hydroxyl groups is 2. The molecule has 4 rings (SSSR count). The van der Waals surface area contributed by atoms with Crippen molar-refractivity contribution in [2.45, 2.75) is 52.4 Å². The maximum atomic E-state index is 10.9. The smallest absolute Gasteiger partial charge is 0.125 e.